The van der Waals surface area contributed by atoms with Crippen molar-refractivity contribution in [1.29, 1.82) is 0 Å². The largest absolute Gasteiger partial charge is 0.236 e. The Morgan fingerprint density at radius 2 is 1.16 bits per heavy atom. The van der Waals surface area contributed by atoms with Crippen LogP contribution in [-0.2, 0) is 0 Å². The summed E-state index contributed by atoms with van der Waals surface area (Å²) >= 11 is 6.33. The van der Waals surface area contributed by atoms with Crippen molar-refractivity contribution < 1.29 is 0 Å². The summed E-state index contributed by atoms with van der Waals surface area (Å²) < 4.78 is 0. The number of hydrogen-bond donors (Lipinski definition) is 0. The number of rotatable bonds is 1. The first kappa shape index (κ1) is 14.4. The molecule has 25 heavy (non-hydrogen) atoms. The van der Waals surface area contributed by atoms with Gasteiger partial charge < -0.3 is 0 Å². The van der Waals surface area contributed by atoms with E-state index in [2.05, 4.69) is 65.6 Å². The summed E-state index contributed by atoms with van der Waals surface area (Å²) in [7, 11) is 0. The predicted octanol–water partition coefficient (Wildman–Crippen LogP) is 6.86. The summed E-state index contributed by atoms with van der Waals surface area (Å²) in [4.78, 5) is 4.47. The van der Waals surface area contributed by atoms with Crippen molar-refractivity contribution >= 4 is 44.0 Å². The van der Waals surface area contributed by atoms with E-state index in [0.29, 0.717) is 5.15 Å². The Morgan fingerprint density at radius 3 is 2.00 bits per heavy atom. The van der Waals surface area contributed by atoms with Gasteiger partial charge in [-0.2, -0.15) is 0 Å². The molecule has 0 aliphatic heterocycles. The van der Waals surface area contributed by atoms with Crippen molar-refractivity contribution in [3.63, 3.8) is 0 Å². The van der Waals surface area contributed by atoms with E-state index in [9.17, 15) is 0 Å². The van der Waals surface area contributed by atoms with Gasteiger partial charge in [0, 0.05) is 5.39 Å². The van der Waals surface area contributed by atoms with E-state index in [4.69, 9.17) is 11.6 Å². The number of fused-ring (bicyclic) bond motifs is 4. The lowest BCUT2D eigenvalue weighted by Gasteiger charge is -2.13. The minimum Gasteiger partial charge on any atom is -0.236 e. The molecule has 4 aromatic carbocycles. The number of halogens is 1. The Bertz CT molecular complexity index is 1260. The van der Waals surface area contributed by atoms with Gasteiger partial charge in [-0.15, -0.1) is 0 Å². The number of nitrogens with zero attached hydrogens (tertiary/aromatic N) is 1. The third-order valence-electron chi connectivity index (χ3n) is 4.74. The maximum Gasteiger partial charge on any atom is 0.130 e. The summed E-state index contributed by atoms with van der Waals surface area (Å²) in [6.07, 6.45) is 0. The maximum absolute atomic E-state index is 6.33. The normalized spacial score (nSPS) is 11.4. The van der Waals surface area contributed by atoms with Crippen molar-refractivity contribution in [1.82, 2.24) is 4.98 Å². The average Bonchev–Trinajstić information content (AvgIpc) is 2.66. The molecule has 0 fully saturated rings. The van der Waals surface area contributed by atoms with E-state index in [-0.39, 0.29) is 0 Å². The number of benzene rings is 4. The van der Waals surface area contributed by atoms with Crippen LogP contribution in [0.5, 0.6) is 0 Å². The van der Waals surface area contributed by atoms with Crippen LogP contribution in [0.1, 0.15) is 0 Å². The van der Waals surface area contributed by atoms with Crippen LogP contribution in [0.4, 0.5) is 0 Å². The van der Waals surface area contributed by atoms with Crippen LogP contribution in [0.15, 0.2) is 84.9 Å². The van der Waals surface area contributed by atoms with Crippen LogP contribution in [0.25, 0.3) is 43.6 Å². The highest BCUT2D eigenvalue weighted by Gasteiger charge is 2.12. The van der Waals surface area contributed by atoms with Gasteiger partial charge in [0.05, 0.1) is 5.52 Å². The second-order valence-electron chi connectivity index (χ2n) is 6.20. The zero-order valence-electron chi connectivity index (χ0n) is 13.4. The molecule has 5 rings (SSSR count). The van der Waals surface area contributed by atoms with Crippen molar-refractivity contribution in [2.45, 2.75) is 0 Å². The first-order valence-electron chi connectivity index (χ1n) is 8.27. The second kappa shape index (κ2) is 5.58. The van der Waals surface area contributed by atoms with Gasteiger partial charge in [-0.1, -0.05) is 78.3 Å². The molecule has 0 atom stereocenters. The van der Waals surface area contributed by atoms with Gasteiger partial charge in [-0.05, 0) is 50.9 Å². The summed E-state index contributed by atoms with van der Waals surface area (Å²) in [6.45, 7) is 0. The van der Waals surface area contributed by atoms with E-state index in [1.54, 1.807) is 0 Å². The van der Waals surface area contributed by atoms with Gasteiger partial charge in [0.2, 0.25) is 0 Å². The van der Waals surface area contributed by atoms with Crippen LogP contribution in [0.2, 0.25) is 5.15 Å². The predicted molar refractivity (Wildman–Crippen MR) is 107 cm³/mol. The molecule has 0 N–H and O–H groups in total. The van der Waals surface area contributed by atoms with Crippen molar-refractivity contribution in [2.75, 3.05) is 0 Å². The summed E-state index contributed by atoms with van der Waals surface area (Å²) in [5.74, 6) is 0. The molecule has 118 valence electrons. The Kier molecular flexibility index (Phi) is 3.22. The highest BCUT2D eigenvalue weighted by Crippen LogP contribution is 2.38. The molecular weight excluding hydrogens is 326 g/mol. The SMILES string of the molecule is Clc1cc(-c2cc3ccccc3c3ccccc23)c2ccccc2n1. The lowest BCUT2D eigenvalue weighted by molar-refractivity contribution is 1.41. The molecule has 0 aliphatic carbocycles. The molecule has 1 aromatic heterocycles. The summed E-state index contributed by atoms with van der Waals surface area (Å²) in [5.41, 5.74) is 3.23. The Morgan fingerprint density at radius 1 is 0.560 bits per heavy atom. The standard InChI is InChI=1S/C23H14ClN/c24-23-14-21(19-11-5-6-12-22(19)25-23)20-13-15-7-1-2-8-16(15)17-9-3-4-10-18(17)20/h1-14H. The fraction of sp³-hybridized carbons (Fsp3) is 0. The number of aromatic nitrogens is 1. The fourth-order valence-electron chi connectivity index (χ4n) is 3.64. The van der Waals surface area contributed by atoms with Crippen LogP contribution < -0.4 is 0 Å². The highest BCUT2D eigenvalue weighted by molar-refractivity contribution is 6.30. The smallest absolute Gasteiger partial charge is 0.130 e. The molecule has 1 heterocycles. The highest BCUT2D eigenvalue weighted by atomic mass is 35.5. The van der Waals surface area contributed by atoms with Gasteiger partial charge in [-0.25, -0.2) is 4.98 Å². The van der Waals surface area contributed by atoms with Crippen molar-refractivity contribution in [3.8, 4) is 11.1 Å². The molecule has 0 unspecified atom stereocenters. The maximum atomic E-state index is 6.33. The number of para-hydroxylation sites is 1. The molecule has 1 nitrogen and oxygen atoms in total. The fourth-order valence-corrected chi connectivity index (χ4v) is 3.84. The Balaban J connectivity index is 1.99. The zero-order valence-corrected chi connectivity index (χ0v) is 14.2. The molecule has 0 aliphatic rings. The van der Waals surface area contributed by atoms with E-state index in [0.717, 1.165) is 16.5 Å². The first-order chi connectivity index (χ1) is 12.3. The van der Waals surface area contributed by atoms with Gasteiger partial charge in [0.1, 0.15) is 5.15 Å². The Hall–Kier alpha value is -2.90. The lowest BCUT2D eigenvalue weighted by atomic mass is 9.92. The second-order valence-corrected chi connectivity index (χ2v) is 6.59. The average molecular weight is 340 g/mol. The topological polar surface area (TPSA) is 12.9 Å². The monoisotopic (exact) mass is 339 g/mol. The molecule has 2 heteroatoms. The molecule has 0 bridgehead atoms. The third-order valence-corrected chi connectivity index (χ3v) is 4.94. The zero-order chi connectivity index (χ0) is 16.8. The minimum absolute atomic E-state index is 0.519. The van der Waals surface area contributed by atoms with E-state index < -0.39 is 0 Å². The molecule has 0 amide bonds. The minimum atomic E-state index is 0.519. The van der Waals surface area contributed by atoms with Crippen molar-refractivity contribution in [2.24, 2.45) is 0 Å². The number of hydrogen-bond acceptors (Lipinski definition) is 1. The molecule has 5 aromatic rings. The van der Waals surface area contributed by atoms with Crippen LogP contribution in [0.3, 0.4) is 0 Å². The van der Waals surface area contributed by atoms with E-state index >= 15 is 0 Å². The van der Waals surface area contributed by atoms with Crippen LogP contribution >= 0.6 is 11.6 Å². The third kappa shape index (κ3) is 2.28. The van der Waals surface area contributed by atoms with Crippen molar-refractivity contribution in [3.05, 3.63) is 90.1 Å². The van der Waals surface area contributed by atoms with E-state index in [1.165, 1.54) is 27.1 Å². The summed E-state index contributed by atoms with van der Waals surface area (Å²) in [6, 6.07) is 29.5. The number of pyridine rings is 1. The molecule has 0 saturated carbocycles. The molecule has 0 saturated heterocycles. The van der Waals surface area contributed by atoms with Crippen LogP contribution in [-0.4, -0.2) is 4.98 Å². The summed E-state index contributed by atoms with van der Waals surface area (Å²) in [5, 5.41) is 6.62. The molecular formula is C23H14ClN. The van der Waals surface area contributed by atoms with Crippen LogP contribution in [0, 0.1) is 0 Å². The van der Waals surface area contributed by atoms with Gasteiger partial charge in [0.15, 0.2) is 0 Å². The Labute approximate surface area is 150 Å². The molecule has 0 spiro atoms. The first-order valence-corrected chi connectivity index (χ1v) is 8.65. The van der Waals surface area contributed by atoms with E-state index in [1.807, 2.05) is 24.3 Å². The quantitative estimate of drug-likeness (QED) is 0.240. The lowest BCUT2D eigenvalue weighted by Crippen LogP contribution is -1.88. The van der Waals surface area contributed by atoms with Gasteiger partial charge in [0.25, 0.3) is 0 Å². The van der Waals surface area contributed by atoms with Gasteiger partial charge in [-0.3, -0.25) is 0 Å². The molecule has 0 radical (unpaired) electrons. The van der Waals surface area contributed by atoms with Gasteiger partial charge >= 0.3 is 0 Å².